The second-order valence-corrected chi connectivity index (χ2v) is 5.59. The minimum absolute atomic E-state index is 0.0222. The van der Waals surface area contributed by atoms with Crippen LogP contribution in [0.25, 0.3) is 0 Å². The summed E-state index contributed by atoms with van der Waals surface area (Å²) < 4.78 is 13.9. The standard InChI is InChI=1S/C17H14ClFO/c18-15-9-3-8-14(16(15)19)17(20)13-7-2-6-12(10-13)11-4-1-5-11/h2-3,6-11H,1,4-5H2. The van der Waals surface area contributed by atoms with Crippen molar-refractivity contribution in [3.8, 4) is 0 Å². The lowest BCUT2D eigenvalue weighted by atomic mass is 9.79. The molecule has 0 aromatic heterocycles. The maximum absolute atomic E-state index is 13.9. The van der Waals surface area contributed by atoms with Gasteiger partial charge in [-0.25, -0.2) is 4.39 Å². The molecule has 1 saturated carbocycles. The number of hydrogen-bond acceptors (Lipinski definition) is 1. The Morgan fingerprint density at radius 1 is 1.15 bits per heavy atom. The third kappa shape index (κ3) is 2.36. The second kappa shape index (κ2) is 5.37. The van der Waals surface area contributed by atoms with Crippen molar-refractivity contribution in [2.75, 3.05) is 0 Å². The number of carbonyl (C=O) groups is 1. The molecule has 0 amide bonds. The van der Waals surface area contributed by atoms with Crippen molar-refractivity contribution in [2.45, 2.75) is 25.2 Å². The zero-order valence-corrected chi connectivity index (χ0v) is 11.7. The Balaban J connectivity index is 1.95. The molecule has 0 bridgehead atoms. The zero-order chi connectivity index (χ0) is 14.1. The fraction of sp³-hybridized carbons (Fsp3) is 0.235. The lowest BCUT2D eigenvalue weighted by molar-refractivity contribution is 0.103. The van der Waals surface area contributed by atoms with Gasteiger partial charge in [-0.1, -0.05) is 42.3 Å². The Labute approximate surface area is 122 Å². The molecule has 0 saturated heterocycles. The van der Waals surface area contributed by atoms with Crippen molar-refractivity contribution in [3.05, 3.63) is 70.0 Å². The summed E-state index contributed by atoms with van der Waals surface area (Å²) in [7, 11) is 0. The molecule has 2 aromatic rings. The van der Waals surface area contributed by atoms with Gasteiger partial charge in [0.2, 0.25) is 0 Å². The Hall–Kier alpha value is -1.67. The summed E-state index contributed by atoms with van der Waals surface area (Å²) >= 11 is 5.73. The lowest BCUT2D eigenvalue weighted by Crippen LogP contribution is -2.10. The number of carbonyl (C=O) groups excluding carboxylic acids is 1. The summed E-state index contributed by atoms with van der Waals surface area (Å²) in [6.45, 7) is 0. The van der Waals surface area contributed by atoms with Crippen molar-refractivity contribution < 1.29 is 9.18 Å². The van der Waals surface area contributed by atoms with Gasteiger partial charge in [0, 0.05) is 5.56 Å². The summed E-state index contributed by atoms with van der Waals surface area (Å²) in [6, 6.07) is 12.0. The molecule has 1 aliphatic rings. The van der Waals surface area contributed by atoms with Crippen LogP contribution in [0.3, 0.4) is 0 Å². The molecule has 0 radical (unpaired) electrons. The average molecular weight is 289 g/mol. The first-order chi connectivity index (χ1) is 9.66. The molecule has 1 fully saturated rings. The molecule has 3 heteroatoms. The van der Waals surface area contributed by atoms with E-state index in [1.165, 1.54) is 37.0 Å². The maximum atomic E-state index is 13.9. The van der Waals surface area contributed by atoms with Gasteiger partial charge in [-0.2, -0.15) is 0 Å². The monoisotopic (exact) mass is 288 g/mol. The largest absolute Gasteiger partial charge is 0.288 e. The third-order valence-electron chi connectivity index (χ3n) is 3.92. The molecule has 102 valence electrons. The summed E-state index contributed by atoms with van der Waals surface area (Å²) in [5, 5.41) is -0.0222. The predicted molar refractivity (Wildman–Crippen MR) is 77.9 cm³/mol. The van der Waals surface area contributed by atoms with Crippen molar-refractivity contribution in [1.29, 1.82) is 0 Å². The van der Waals surface area contributed by atoms with Crippen molar-refractivity contribution >= 4 is 17.4 Å². The smallest absolute Gasteiger partial charge is 0.196 e. The average Bonchev–Trinajstić information content (AvgIpc) is 2.40. The number of halogens is 2. The molecule has 0 aliphatic heterocycles. The van der Waals surface area contributed by atoms with E-state index in [4.69, 9.17) is 11.6 Å². The minimum Gasteiger partial charge on any atom is -0.288 e. The van der Waals surface area contributed by atoms with Crippen LogP contribution >= 0.6 is 11.6 Å². The van der Waals surface area contributed by atoms with E-state index in [-0.39, 0.29) is 16.4 Å². The minimum atomic E-state index is -0.645. The Morgan fingerprint density at radius 2 is 1.90 bits per heavy atom. The quantitative estimate of drug-likeness (QED) is 0.728. The highest BCUT2D eigenvalue weighted by atomic mass is 35.5. The first-order valence-corrected chi connectivity index (χ1v) is 7.13. The van der Waals surface area contributed by atoms with Crippen LogP contribution in [0.5, 0.6) is 0 Å². The highest BCUT2D eigenvalue weighted by Gasteiger charge is 2.21. The van der Waals surface area contributed by atoms with Gasteiger partial charge in [0.25, 0.3) is 0 Å². The Kier molecular flexibility index (Phi) is 3.58. The van der Waals surface area contributed by atoms with Crippen molar-refractivity contribution in [2.24, 2.45) is 0 Å². The topological polar surface area (TPSA) is 17.1 Å². The van der Waals surface area contributed by atoms with Gasteiger partial charge in [0.05, 0.1) is 10.6 Å². The molecular weight excluding hydrogens is 275 g/mol. The Bertz CT molecular complexity index is 662. The van der Waals surface area contributed by atoms with Crippen LogP contribution < -0.4 is 0 Å². The van der Waals surface area contributed by atoms with E-state index in [9.17, 15) is 9.18 Å². The van der Waals surface area contributed by atoms with Gasteiger partial charge in [-0.05, 0) is 42.5 Å². The summed E-state index contributed by atoms with van der Waals surface area (Å²) in [5.41, 5.74) is 1.73. The number of hydrogen-bond donors (Lipinski definition) is 0. The molecule has 1 nitrogen and oxygen atoms in total. The van der Waals surface area contributed by atoms with Gasteiger partial charge >= 0.3 is 0 Å². The SMILES string of the molecule is O=C(c1cccc(C2CCC2)c1)c1cccc(Cl)c1F. The highest BCUT2D eigenvalue weighted by Crippen LogP contribution is 2.36. The van der Waals surface area contributed by atoms with Crippen LogP contribution in [0.2, 0.25) is 5.02 Å². The number of ketones is 1. The molecule has 1 aliphatic carbocycles. The van der Waals surface area contributed by atoms with Gasteiger partial charge < -0.3 is 0 Å². The van der Waals surface area contributed by atoms with E-state index in [1.807, 2.05) is 18.2 Å². The summed E-state index contributed by atoms with van der Waals surface area (Å²) in [4.78, 5) is 12.4. The van der Waals surface area contributed by atoms with Crippen LogP contribution in [-0.4, -0.2) is 5.78 Å². The van der Waals surface area contributed by atoms with E-state index in [1.54, 1.807) is 12.1 Å². The van der Waals surface area contributed by atoms with Crippen LogP contribution in [0.4, 0.5) is 4.39 Å². The lowest BCUT2D eigenvalue weighted by Gasteiger charge is -2.26. The van der Waals surface area contributed by atoms with Crippen LogP contribution in [0.1, 0.15) is 46.7 Å². The molecular formula is C17H14ClFO. The molecule has 0 spiro atoms. The molecule has 3 rings (SSSR count). The van der Waals surface area contributed by atoms with E-state index in [0.29, 0.717) is 11.5 Å². The molecule has 0 unspecified atom stereocenters. The van der Waals surface area contributed by atoms with Crippen LogP contribution in [-0.2, 0) is 0 Å². The molecule has 2 aromatic carbocycles. The molecule has 0 atom stereocenters. The van der Waals surface area contributed by atoms with E-state index >= 15 is 0 Å². The fourth-order valence-electron chi connectivity index (χ4n) is 2.51. The van der Waals surface area contributed by atoms with Gasteiger partial charge in [-0.3, -0.25) is 4.79 Å². The van der Waals surface area contributed by atoms with E-state index in [2.05, 4.69) is 0 Å². The van der Waals surface area contributed by atoms with Crippen LogP contribution in [0.15, 0.2) is 42.5 Å². The fourth-order valence-corrected chi connectivity index (χ4v) is 2.68. The summed E-state index contributed by atoms with van der Waals surface area (Å²) in [6.07, 6.45) is 3.58. The predicted octanol–water partition coefficient (Wildman–Crippen LogP) is 4.98. The number of rotatable bonds is 3. The normalized spacial score (nSPS) is 14.9. The van der Waals surface area contributed by atoms with E-state index in [0.717, 1.165) is 0 Å². The second-order valence-electron chi connectivity index (χ2n) is 5.18. The summed E-state index contributed by atoms with van der Waals surface area (Å²) in [5.74, 6) is -0.411. The maximum Gasteiger partial charge on any atom is 0.196 e. The van der Waals surface area contributed by atoms with Gasteiger partial charge in [0.15, 0.2) is 11.6 Å². The van der Waals surface area contributed by atoms with Gasteiger partial charge in [0.1, 0.15) is 0 Å². The number of benzene rings is 2. The van der Waals surface area contributed by atoms with Crippen molar-refractivity contribution in [3.63, 3.8) is 0 Å². The zero-order valence-electron chi connectivity index (χ0n) is 10.9. The Morgan fingerprint density at radius 3 is 2.60 bits per heavy atom. The highest BCUT2D eigenvalue weighted by molar-refractivity contribution is 6.31. The third-order valence-corrected chi connectivity index (χ3v) is 4.21. The van der Waals surface area contributed by atoms with E-state index < -0.39 is 5.82 Å². The molecule has 0 N–H and O–H groups in total. The van der Waals surface area contributed by atoms with Crippen molar-refractivity contribution in [1.82, 2.24) is 0 Å². The molecule has 0 heterocycles. The van der Waals surface area contributed by atoms with Gasteiger partial charge in [-0.15, -0.1) is 0 Å². The molecule has 20 heavy (non-hydrogen) atoms. The first kappa shape index (κ1) is 13.3. The van der Waals surface area contributed by atoms with Crippen LogP contribution in [0, 0.1) is 5.82 Å². The first-order valence-electron chi connectivity index (χ1n) is 6.75.